The molecule has 1 saturated heterocycles. The Bertz CT molecular complexity index is 1420. The van der Waals surface area contributed by atoms with E-state index in [-0.39, 0.29) is 24.3 Å². The lowest BCUT2D eigenvalue weighted by Crippen LogP contribution is -2.38. The third kappa shape index (κ3) is 3.89. The molecule has 4 aromatic rings. The monoisotopic (exact) mass is 464 g/mol. The van der Waals surface area contributed by atoms with Crippen molar-refractivity contribution in [1.29, 1.82) is 0 Å². The van der Waals surface area contributed by atoms with Gasteiger partial charge < -0.3 is 14.4 Å². The molecular formula is C29H28N4O2. The zero-order chi connectivity index (χ0) is 23.9. The summed E-state index contributed by atoms with van der Waals surface area (Å²) in [6, 6.07) is 24.1. The van der Waals surface area contributed by atoms with Crippen molar-refractivity contribution < 1.29 is 9.59 Å². The van der Waals surface area contributed by atoms with Crippen LogP contribution in [0.5, 0.6) is 0 Å². The molecule has 6 rings (SSSR count). The van der Waals surface area contributed by atoms with E-state index in [4.69, 9.17) is 4.98 Å². The average Bonchev–Trinajstić information content (AvgIpc) is 3.44. The summed E-state index contributed by atoms with van der Waals surface area (Å²) in [6.07, 6.45) is 2.35. The number of fused-ring (bicyclic) bond motifs is 2. The summed E-state index contributed by atoms with van der Waals surface area (Å²) in [4.78, 5) is 35.3. The molecule has 0 saturated carbocycles. The van der Waals surface area contributed by atoms with Crippen LogP contribution in [0.25, 0.3) is 11.0 Å². The highest BCUT2D eigenvalue weighted by Crippen LogP contribution is 2.34. The molecule has 2 amide bonds. The number of hydrogen-bond donors (Lipinski definition) is 0. The molecule has 1 unspecified atom stereocenters. The number of carbonyl (C=O) groups excluding carboxylic acids is 2. The van der Waals surface area contributed by atoms with Crippen LogP contribution in [-0.2, 0) is 22.6 Å². The van der Waals surface area contributed by atoms with E-state index in [1.165, 1.54) is 5.56 Å². The fraction of sp³-hybridized carbons (Fsp3) is 0.276. The lowest BCUT2D eigenvalue weighted by molar-refractivity contribution is -0.119. The largest absolute Gasteiger partial charge is 0.318 e. The van der Waals surface area contributed by atoms with E-state index in [2.05, 4.69) is 6.07 Å². The summed E-state index contributed by atoms with van der Waals surface area (Å²) in [6.45, 7) is 3.53. The molecule has 0 bridgehead atoms. The second kappa shape index (κ2) is 8.69. The van der Waals surface area contributed by atoms with Crippen LogP contribution < -0.4 is 9.80 Å². The maximum Gasteiger partial charge on any atom is 0.246 e. The molecule has 0 aliphatic carbocycles. The Labute approximate surface area is 204 Å². The van der Waals surface area contributed by atoms with E-state index in [0.717, 1.165) is 53.2 Å². The van der Waals surface area contributed by atoms with Gasteiger partial charge in [0.25, 0.3) is 0 Å². The molecule has 1 atom stereocenters. The van der Waals surface area contributed by atoms with Gasteiger partial charge in [0, 0.05) is 36.8 Å². The summed E-state index contributed by atoms with van der Waals surface area (Å²) in [7, 11) is 0. The summed E-state index contributed by atoms with van der Waals surface area (Å²) in [5.41, 5.74) is 6.09. The van der Waals surface area contributed by atoms with Crippen molar-refractivity contribution in [1.82, 2.24) is 9.55 Å². The van der Waals surface area contributed by atoms with Gasteiger partial charge in [-0.1, -0.05) is 48.0 Å². The Kier molecular flexibility index (Phi) is 5.36. The van der Waals surface area contributed by atoms with Crippen LogP contribution in [0, 0.1) is 6.92 Å². The number of amides is 2. The lowest BCUT2D eigenvalue weighted by Gasteiger charge is -2.30. The van der Waals surface area contributed by atoms with Gasteiger partial charge in [-0.3, -0.25) is 9.59 Å². The molecule has 0 N–H and O–H groups in total. The molecule has 2 aliphatic rings. The predicted octanol–water partition coefficient (Wildman–Crippen LogP) is 4.84. The van der Waals surface area contributed by atoms with Gasteiger partial charge in [-0.05, 0) is 55.7 Å². The first kappa shape index (κ1) is 21.6. The molecule has 2 aliphatic heterocycles. The number of benzene rings is 3. The van der Waals surface area contributed by atoms with Crippen molar-refractivity contribution in [3.05, 3.63) is 89.7 Å². The Morgan fingerprint density at radius 3 is 2.63 bits per heavy atom. The summed E-state index contributed by atoms with van der Waals surface area (Å²) in [5.74, 6) is 0.889. The molecule has 3 heterocycles. The van der Waals surface area contributed by atoms with Gasteiger partial charge >= 0.3 is 0 Å². The molecule has 1 aromatic heterocycles. The number of hydrogen-bond acceptors (Lipinski definition) is 3. The molecule has 3 aromatic carbocycles. The van der Waals surface area contributed by atoms with Crippen LogP contribution in [-0.4, -0.2) is 34.5 Å². The standard InChI is InChI=1S/C29H28N4O2/c1-20-12-14-23(15-13-20)32-18-22(17-27(32)34)29-30-24-9-3-5-11-26(24)33(29)19-28(35)31-16-6-8-21-7-2-4-10-25(21)31/h2-5,7,9-15,22H,6,8,16-19H2,1H3. The van der Waals surface area contributed by atoms with Gasteiger partial charge in [0.1, 0.15) is 12.4 Å². The topological polar surface area (TPSA) is 58.4 Å². The summed E-state index contributed by atoms with van der Waals surface area (Å²) in [5, 5.41) is 0. The average molecular weight is 465 g/mol. The van der Waals surface area contributed by atoms with Crippen molar-refractivity contribution >= 4 is 34.2 Å². The first-order valence-corrected chi connectivity index (χ1v) is 12.3. The number of carbonyl (C=O) groups is 2. The highest BCUT2D eigenvalue weighted by molar-refractivity contribution is 5.97. The van der Waals surface area contributed by atoms with Gasteiger partial charge in [-0.25, -0.2) is 4.98 Å². The van der Waals surface area contributed by atoms with Crippen LogP contribution in [0.3, 0.4) is 0 Å². The molecule has 35 heavy (non-hydrogen) atoms. The van der Waals surface area contributed by atoms with Gasteiger partial charge in [0.2, 0.25) is 11.8 Å². The minimum Gasteiger partial charge on any atom is -0.318 e. The van der Waals surface area contributed by atoms with E-state index in [1.54, 1.807) is 0 Å². The molecular weight excluding hydrogens is 436 g/mol. The lowest BCUT2D eigenvalue weighted by atomic mass is 10.0. The third-order valence-electron chi connectivity index (χ3n) is 7.22. The molecule has 0 radical (unpaired) electrons. The third-order valence-corrected chi connectivity index (χ3v) is 7.22. The Morgan fingerprint density at radius 2 is 1.77 bits per heavy atom. The minimum atomic E-state index is -0.0716. The smallest absolute Gasteiger partial charge is 0.246 e. The number of anilines is 2. The summed E-state index contributed by atoms with van der Waals surface area (Å²) < 4.78 is 2.03. The highest BCUT2D eigenvalue weighted by atomic mass is 16.2. The van der Waals surface area contributed by atoms with Gasteiger partial charge in [0.05, 0.1) is 11.0 Å². The van der Waals surface area contributed by atoms with Crippen LogP contribution in [0.4, 0.5) is 11.4 Å². The molecule has 176 valence electrons. The van der Waals surface area contributed by atoms with Crippen molar-refractivity contribution in [2.45, 2.75) is 38.6 Å². The second-order valence-corrected chi connectivity index (χ2v) is 9.56. The Balaban J connectivity index is 1.33. The zero-order valence-corrected chi connectivity index (χ0v) is 19.9. The minimum absolute atomic E-state index is 0.0567. The van der Waals surface area contributed by atoms with E-state index < -0.39 is 0 Å². The summed E-state index contributed by atoms with van der Waals surface area (Å²) >= 11 is 0. The maximum atomic E-state index is 13.6. The maximum absolute atomic E-state index is 13.6. The van der Waals surface area contributed by atoms with Crippen LogP contribution >= 0.6 is 0 Å². The highest BCUT2D eigenvalue weighted by Gasteiger charge is 2.35. The van der Waals surface area contributed by atoms with Gasteiger partial charge in [-0.15, -0.1) is 0 Å². The van der Waals surface area contributed by atoms with Crippen LogP contribution in [0.2, 0.25) is 0 Å². The van der Waals surface area contributed by atoms with Gasteiger partial charge in [0.15, 0.2) is 0 Å². The first-order valence-electron chi connectivity index (χ1n) is 12.3. The van der Waals surface area contributed by atoms with E-state index >= 15 is 0 Å². The number of imidazole rings is 1. The van der Waals surface area contributed by atoms with Crippen molar-refractivity contribution in [2.24, 2.45) is 0 Å². The SMILES string of the molecule is Cc1ccc(N2CC(c3nc4ccccc4n3CC(=O)N3CCCc4ccccc43)CC2=O)cc1. The van der Waals surface area contributed by atoms with Crippen molar-refractivity contribution in [2.75, 3.05) is 22.9 Å². The van der Waals surface area contributed by atoms with Crippen LogP contribution in [0.15, 0.2) is 72.8 Å². The fourth-order valence-corrected chi connectivity index (χ4v) is 5.44. The number of aromatic nitrogens is 2. The first-order chi connectivity index (χ1) is 17.1. The second-order valence-electron chi connectivity index (χ2n) is 9.56. The normalized spacial score (nSPS) is 17.7. The van der Waals surface area contributed by atoms with Gasteiger partial charge in [-0.2, -0.15) is 0 Å². The van der Waals surface area contributed by atoms with Crippen molar-refractivity contribution in [3.8, 4) is 0 Å². The molecule has 6 heteroatoms. The number of rotatable bonds is 4. The number of para-hydroxylation sites is 3. The zero-order valence-electron chi connectivity index (χ0n) is 19.9. The molecule has 6 nitrogen and oxygen atoms in total. The van der Waals surface area contributed by atoms with E-state index in [0.29, 0.717) is 13.0 Å². The van der Waals surface area contributed by atoms with E-state index in [9.17, 15) is 9.59 Å². The van der Waals surface area contributed by atoms with E-state index in [1.807, 2.05) is 88.0 Å². The van der Waals surface area contributed by atoms with Crippen LogP contribution in [0.1, 0.15) is 35.7 Å². The quantitative estimate of drug-likeness (QED) is 0.434. The number of aryl methyl sites for hydroxylation is 2. The Hall–Kier alpha value is -3.93. The Morgan fingerprint density at radius 1 is 1.00 bits per heavy atom. The van der Waals surface area contributed by atoms with Crippen molar-refractivity contribution in [3.63, 3.8) is 0 Å². The number of nitrogens with zero attached hydrogens (tertiary/aromatic N) is 4. The molecule has 1 fully saturated rings. The molecule has 0 spiro atoms. The fourth-order valence-electron chi connectivity index (χ4n) is 5.44. The predicted molar refractivity (Wildman–Crippen MR) is 138 cm³/mol.